The van der Waals surface area contributed by atoms with Gasteiger partial charge in [0.25, 0.3) is 0 Å². The first-order valence-corrected chi connectivity index (χ1v) is 10.7. The van der Waals surface area contributed by atoms with Crippen LogP contribution in [-0.4, -0.2) is 9.13 Å². The van der Waals surface area contributed by atoms with Gasteiger partial charge in [0.05, 0.1) is 11.0 Å². The molecule has 0 fully saturated rings. The lowest BCUT2D eigenvalue weighted by molar-refractivity contribution is 0.591. The molecule has 6 rings (SSSR count). The van der Waals surface area contributed by atoms with Gasteiger partial charge in [-0.1, -0.05) is 63.2 Å². The molecular formula is C29H26N2. The third-order valence-corrected chi connectivity index (χ3v) is 6.45. The van der Waals surface area contributed by atoms with E-state index in [-0.39, 0.29) is 5.41 Å². The smallest absolute Gasteiger partial charge is 0.0541 e. The predicted molar refractivity (Wildman–Crippen MR) is 133 cm³/mol. The predicted octanol–water partition coefficient (Wildman–Crippen LogP) is 7.73. The highest BCUT2D eigenvalue weighted by Gasteiger charge is 2.18. The zero-order valence-electron chi connectivity index (χ0n) is 21.0. The summed E-state index contributed by atoms with van der Waals surface area (Å²) in [5.41, 5.74) is 6.13. The monoisotopic (exact) mass is 405 g/mol. The zero-order chi connectivity index (χ0) is 23.8. The van der Waals surface area contributed by atoms with Crippen molar-refractivity contribution in [2.24, 2.45) is 6.98 Å². The molecule has 6 aromatic rings. The van der Waals surface area contributed by atoms with Gasteiger partial charge in [0, 0.05) is 49.4 Å². The number of fused-ring (bicyclic) bond motifs is 6. The maximum atomic E-state index is 8.12. The third kappa shape index (κ3) is 2.58. The Kier molecular flexibility index (Phi) is 3.08. The van der Waals surface area contributed by atoms with Crippen LogP contribution in [0, 0.1) is 0 Å². The first-order valence-electron chi connectivity index (χ1n) is 12.2. The molecule has 0 aliphatic carbocycles. The minimum absolute atomic E-state index is 0.0629. The Balaban J connectivity index is 1.70. The van der Waals surface area contributed by atoms with E-state index in [1.807, 2.05) is 36.4 Å². The van der Waals surface area contributed by atoms with Gasteiger partial charge < -0.3 is 9.13 Å². The van der Waals surface area contributed by atoms with Crippen LogP contribution in [0.3, 0.4) is 0 Å². The molecular weight excluding hydrogens is 376 g/mol. The van der Waals surface area contributed by atoms with Crippen LogP contribution < -0.4 is 0 Å². The van der Waals surface area contributed by atoms with E-state index in [0.29, 0.717) is 0 Å². The van der Waals surface area contributed by atoms with Crippen LogP contribution in [0.2, 0.25) is 0 Å². The van der Waals surface area contributed by atoms with E-state index < -0.39 is 6.98 Å². The van der Waals surface area contributed by atoms with Crippen molar-refractivity contribution in [2.75, 3.05) is 0 Å². The van der Waals surface area contributed by atoms with Crippen molar-refractivity contribution >= 4 is 43.6 Å². The van der Waals surface area contributed by atoms with Crippen LogP contribution in [0.1, 0.15) is 30.4 Å². The Hall–Kier alpha value is -3.52. The number of aryl methyl sites for hydroxylation is 1. The molecule has 2 heterocycles. The van der Waals surface area contributed by atoms with Crippen molar-refractivity contribution in [3.63, 3.8) is 0 Å². The molecule has 2 aromatic heterocycles. The lowest BCUT2D eigenvalue weighted by Gasteiger charge is -2.19. The molecule has 0 spiro atoms. The second-order valence-corrected chi connectivity index (χ2v) is 9.39. The van der Waals surface area contributed by atoms with Crippen molar-refractivity contribution < 1.29 is 4.11 Å². The second kappa shape index (κ2) is 6.24. The number of hydrogen-bond acceptors (Lipinski definition) is 0. The van der Waals surface area contributed by atoms with Crippen molar-refractivity contribution in [1.29, 1.82) is 0 Å². The van der Waals surface area contributed by atoms with Gasteiger partial charge >= 0.3 is 0 Å². The third-order valence-electron chi connectivity index (χ3n) is 6.45. The van der Waals surface area contributed by atoms with Gasteiger partial charge in [-0.25, -0.2) is 0 Å². The molecule has 2 heteroatoms. The summed E-state index contributed by atoms with van der Waals surface area (Å²) in [6.07, 6.45) is 0. The molecule has 31 heavy (non-hydrogen) atoms. The van der Waals surface area contributed by atoms with Crippen LogP contribution in [-0.2, 0) is 12.4 Å². The molecule has 0 saturated carbocycles. The Morgan fingerprint density at radius 1 is 0.613 bits per heavy atom. The van der Waals surface area contributed by atoms with Gasteiger partial charge in [-0.3, -0.25) is 0 Å². The summed E-state index contributed by atoms with van der Waals surface area (Å²) in [6.45, 7) is 4.46. The largest absolute Gasteiger partial charge is 0.344 e. The minimum Gasteiger partial charge on any atom is -0.344 e. The van der Waals surface area contributed by atoms with E-state index in [1.54, 1.807) is 0 Å². The first-order chi connectivity index (χ1) is 16.1. The summed E-state index contributed by atoms with van der Waals surface area (Å²) in [5.74, 6) is 0. The molecule has 0 aliphatic rings. The standard InChI is InChI=1S/C29H26N2/c1-29(2,3)19-13-15-28-23(17-19)22-10-6-8-12-27(22)31(28)20-14-16-26-24(18-20)21-9-5-7-11-25(21)30(26)4/h5-18H,1-4H3/i4D3. The number of para-hydroxylation sites is 2. The van der Waals surface area contributed by atoms with Crippen LogP contribution >= 0.6 is 0 Å². The van der Waals surface area contributed by atoms with Gasteiger partial charge in [-0.05, 0) is 53.4 Å². The maximum Gasteiger partial charge on any atom is 0.0541 e. The molecule has 0 atom stereocenters. The van der Waals surface area contributed by atoms with Crippen LogP contribution in [0.15, 0.2) is 84.9 Å². The number of benzene rings is 4. The highest BCUT2D eigenvalue weighted by molar-refractivity contribution is 6.11. The summed E-state index contributed by atoms with van der Waals surface area (Å²) < 4.78 is 28.1. The van der Waals surface area contributed by atoms with E-state index in [2.05, 4.69) is 73.9 Å². The maximum absolute atomic E-state index is 8.12. The topological polar surface area (TPSA) is 9.86 Å². The Morgan fingerprint density at radius 2 is 1.19 bits per heavy atom. The van der Waals surface area contributed by atoms with Crippen LogP contribution in [0.25, 0.3) is 49.3 Å². The highest BCUT2D eigenvalue weighted by Crippen LogP contribution is 2.37. The summed E-state index contributed by atoms with van der Waals surface area (Å²) in [6, 6.07) is 29.1. The van der Waals surface area contributed by atoms with Gasteiger partial charge in [0.1, 0.15) is 0 Å². The average Bonchev–Trinajstić information content (AvgIpc) is 3.30. The fraction of sp³-hybridized carbons (Fsp3) is 0.172. The zero-order valence-corrected chi connectivity index (χ0v) is 18.0. The summed E-state index contributed by atoms with van der Waals surface area (Å²) in [7, 11) is 0. The summed E-state index contributed by atoms with van der Waals surface area (Å²) in [5, 5.41) is 4.34. The van der Waals surface area contributed by atoms with E-state index in [4.69, 9.17) is 4.11 Å². The van der Waals surface area contributed by atoms with E-state index >= 15 is 0 Å². The molecule has 0 N–H and O–H groups in total. The molecule has 4 aromatic carbocycles. The Bertz CT molecular complexity index is 1730. The van der Waals surface area contributed by atoms with E-state index in [1.165, 1.54) is 20.9 Å². The molecule has 0 saturated heterocycles. The number of hydrogen-bond donors (Lipinski definition) is 0. The molecule has 152 valence electrons. The van der Waals surface area contributed by atoms with Crippen LogP contribution in [0.4, 0.5) is 0 Å². The molecule has 2 nitrogen and oxygen atoms in total. The van der Waals surface area contributed by atoms with Gasteiger partial charge in [0.2, 0.25) is 0 Å². The van der Waals surface area contributed by atoms with Gasteiger partial charge in [-0.15, -0.1) is 0 Å². The van der Waals surface area contributed by atoms with Crippen molar-refractivity contribution in [3.8, 4) is 5.69 Å². The van der Waals surface area contributed by atoms with E-state index in [0.717, 1.165) is 38.5 Å². The minimum atomic E-state index is -2.25. The molecule has 0 bridgehead atoms. The Morgan fingerprint density at radius 3 is 1.94 bits per heavy atom. The lowest BCUT2D eigenvalue weighted by Crippen LogP contribution is -2.10. The molecule has 0 aliphatic heterocycles. The molecule has 0 unspecified atom stereocenters. The molecule has 0 amide bonds. The average molecular weight is 406 g/mol. The van der Waals surface area contributed by atoms with Crippen molar-refractivity contribution in [2.45, 2.75) is 26.2 Å². The van der Waals surface area contributed by atoms with Gasteiger partial charge in [-0.2, -0.15) is 0 Å². The van der Waals surface area contributed by atoms with Crippen molar-refractivity contribution in [1.82, 2.24) is 9.13 Å². The quantitative estimate of drug-likeness (QED) is 0.265. The fourth-order valence-electron chi connectivity index (χ4n) is 4.82. The normalized spacial score (nSPS) is 14.4. The fourth-order valence-corrected chi connectivity index (χ4v) is 4.82. The first kappa shape index (κ1) is 15.3. The second-order valence-electron chi connectivity index (χ2n) is 9.39. The van der Waals surface area contributed by atoms with Crippen molar-refractivity contribution in [3.05, 3.63) is 90.5 Å². The van der Waals surface area contributed by atoms with Gasteiger partial charge in [0.15, 0.2) is 0 Å². The lowest BCUT2D eigenvalue weighted by atomic mass is 9.86. The van der Waals surface area contributed by atoms with E-state index in [9.17, 15) is 0 Å². The highest BCUT2D eigenvalue weighted by atomic mass is 15.0. The SMILES string of the molecule is [2H]C([2H])([2H])n1c2ccccc2c2cc(-n3c4ccccc4c4cc(C(C)(C)C)ccc43)ccc21. The summed E-state index contributed by atoms with van der Waals surface area (Å²) in [4.78, 5) is 0. The number of rotatable bonds is 1. The van der Waals surface area contributed by atoms with Crippen LogP contribution in [0.5, 0.6) is 0 Å². The number of nitrogens with zero attached hydrogens (tertiary/aromatic N) is 2. The Labute approximate surface area is 186 Å². The molecule has 0 radical (unpaired) electrons. The summed E-state index contributed by atoms with van der Waals surface area (Å²) >= 11 is 0. The number of aromatic nitrogens is 2.